The number of ketones is 1. The Balaban J connectivity index is 1.75. The highest BCUT2D eigenvalue weighted by molar-refractivity contribution is 9.10. The fourth-order valence-electron chi connectivity index (χ4n) is 2.39. The molecule has 0 unspecified atom stereocenters. The van der Waals surface area contributed by atoms with Crippen LogP contribution in [0.25, 0.3) is 6.08 Å². The van der Waals surface area contributed by atoms with Crippen molar-refractivity contribution in [1.82, 2.24) is 0 Å². The molecule has 0 saturated heterocycles. The first-order valence-corrected chi connectivity index (χ1v) is 8.70. The maximum atomic E-state index is 11.9. The van der Waals surface area contributed by atoms with Crippen molar-refractivity contribution in [3.05, 3.63) is 64.1 Å². The summed E-state index contributed by atoms with van der Waals surface area (Å²) in [5.41, 5.74) is 2.11. The Morgan fingerprint density at radius 2 is 2.04 bits per heavy atom. The number of phenols is 1. The molecule has 0 fully saturated rings. The van der Waals surface area contributed by atoms with Crippen LogP contribution in [0.1, 0.15) is 30.4 Å². The highest BCUT2D eigenvalue weighted by Gasteiger charge is 2.03. The fourth-order valence-corrected chi connectivity index (χ4v) is 2.81. The second-order valence-corrected chi connectivity index (χ2v) is 6.48. The number of hydrogen-bond acceptors (Lipinski definition) is 3. The van der Waals surface area contributed by atoms with Crippen molar-refractivity contribution in [3.63, 3.8) is 0 Å². The first kappa shape index (κ1) is 18.3. The van der Waals surface area contributed by atoms with Gasteiger partial charge in [0.1, 0.15) is 0 Å². The van der Waals surface area contributed by atoms with E-state index < -0.39 is 0 Å². The zero-order valence-electron chi connectivity index (χ0n) is 13.7. The normalized spacial score (nSPS) is 10.9. The van der Waals surface area contributed by atoms with Gasteiger partial charge in [0, 0.05) is 10.9 Å². The van der Waals surface area contributed by atoms with E-state index in [1.165, 1.54) is 7.11 Å². The maximum Gasteiger partial charge on any atom is 0.160 e. The molecule has 3 nitrogen and oxygen atoms in total. The number of ether oxygens (including phenoxy) is 1. The standard InChI is InChI=1S/C20H21BrO3/c1-24-20-14-16(10-12-19(20)23)5-2-3-8-18(22)11-9-15-6-4-7-17(21)13-15/h4,6-7,9-14,23H,2-3,5,8H2,1H3/b11-9+. The summed E-state index contributed by atoms with van der Waals surface area (Å²) in [5.74, 6) is 0.771. The Morgan fingerprint density at radius 1 is 1.21 bits per heavy atom. The van der Waals surface area contributed by atoms with Crippen LogP contribution in [0.5, 0.6) is 11.5 Å². The van der Waals surface area contributed by atoms with Gasteiger partial charge in [-0.3, -0.25) is 4.79 Å². The Morgan fingerprint density at radius 3 is 2.79 bits per heavy atom. The van der Waals surface area contributed by atoms with Crippen LogP contribution in [-0.2, 0) is 11.2 Å². The van der Waals surface area contributed by atoms with Gasteiger partial charge < -0.3 is 9.84 Å². The average Bonchev–Trinajstić information content (AvgIpc) is 2.58. The number of phenolic OH excluding ortho intramolecular Hbond substituents is 1. The van der Waals surface area contributed by atoms with E-state index in [-0.39, 0.29) is 11.5 Å². The molecule has 0 amide bonds. The quantitative estimate of drug-likeness (QED) is 0.501. The number of carbonyl (C=O) groups excluding carboxylic acids is 1. The lowest BCUT2D eigenvalue weighted by atomic mass is 10.0. The van der Waals surface area contributed by atoms with Crippen molar-refractivity contribution >= 4 is 27.8 Å². The minimum absolute atomic E-state index is 0.137. The minimum atomic E-state index is 0.137. The molecule has 0 aromatic heterocycles. The molecule has 2 aromatic rings. The molecule has 2 aromatic carbocycles. The van der Waals surface area contributed by atoms with E-state index in [0.29, 0.717) is 12.2 Å². The summed E-state index contributed by atoms with van der Waals surface area (Å²) in [4.78, 5) is 11.9. The van der Waals surface area contributed by atoms with Gasteiger partial charge in [-0.25, -0.2) is 0 Å². The lowest BCUT2D eigenvalue weighted by Crippen LogP contribution is -1.94. The summed E-state index contributed by atoms with van der Waals surface area (Å²) in [6, 6.07) is 13.2. The van der Waals surface area contributed by atoms with Gasteiger partial charge in [0.25, 0.3) is 0 Å². The van der Waals surface area contributed by atoms with E-state index in [9.17, 15) is 9.90 Å². The van der Waals surface area contributed by atoms with Crippen LogP contribution in [0, 0.1) is 0 Å². The van der Waals surface area contributed by atoms with Crippen LogP contribution >= 0.6 is 15.9 Å². The third-order valence-corrected chi connectivity index (χ3v) is 4.19. The number of carbonyl (C=O) groups is 1. The minimum Gasteiger partial charge on any atom is -0.504 e. The third kappa shape index (κ3) is 5.85. The van der Waals surface area contributed by atoms with Crippen molar-refractivity contribution in [3.8, 4) is 11.5 Å². The number of aromatic hydroxyl groups is 1. The van der Waals surface area contributed by atoms with Crippen molar-refractivity contribution in [2.45, 2.75) is 25.7 Å². The highest BCUT2D eigenvalue weighted by Crippen LogP contribution is 2.26. The molecule has 0 saturated carbocycles. The van der Waals surface area contributed by atoms with Gasteiger partial charge in [-0.2, -0.15) is 0 Å². The summed E-state index contributed by atoms with van der Waals surface area (Å²) in [6.07, 6.45) is 6.65. The molecule has 0 atom stereocenters. The van der Waals surface area contributed by atoms with Gasteiger partial charge in [-0.1, -0.05) is 40.2 Å². The molecule has 126 valence electrons. The Hall–Kier alpha value is -2.07. The molecule has 0 spiro atoms. The number of rotatable bonds is 8. The molecule has 0 bridgehead atoms. The summed E-state index contributed by atoms with van der Waals surface area (Å²) in [7, 11) is 1.54. The van der Waals surface area contributed by atoms with Crippen LogP contribution in [0.3, 0.4) is 0 Å². The first-order valence-electron chi connectivity index (χ1n) is 7.91. The molecule has 0 radical (unpaired) electrons. The first-order chi connectivity index (χ1) is 11.6. The van der Waals surface area contributed by atoms with E-state index in [1.807, 2.05) is 42.5 Å². The lowest BCUT2D eigenvalue weighted by Gasteiger charge is -2.06. The summed E-state index contributed by atoms with van der Waals surface area (Å²) in [5, 5.41) is 9.57. The average molecular weight is 389 g/mol. The lowest BCUT2D eigenvalue weighted by molar-refractivity contribution is -0.114. The molecule has 1 N–H and O–H groups in total. The summed E-state index contributed by atoms with van der Waals surface area (Å²) >= 11 is 3.41. The van der Waals surface area contributed by atoms with Gasteiger partial charge >= 0.3 is 0 Å². The van der Waals surface area contributed by atoms with Gasteiger partial charge in [0.2, 0.25) is 0 Å². The zero-order chi connectivity index (χ0) is 17.4. The number of allylic oxidation sites excluding steroid dienone is 1. The molecular weight excluding hydrogens is 368 g/mol. The van der Waals surface area contributed by atoms with Crippen molar-refractivity contribution < 1.29 is 14.6 Å². The smallest absolute Gasteiger partial charge is 0.160 e. The van der Waals surface area contributed by atoms with Crippen LogP contribution in [0.4, 0.5) is 0 Å². The van der Waals surface area contributed by atoms with E-state index >= 15 is 0 Å². The van der Waals surface area contributed by atoms with Crippen LogP contribution in [0.2, 0.25) is 0 Å². The largest absolute Gasteiger partial charge is 0.504 e. The predicted molar refractivity (Wildman–Crippen MR) is 100 cm³/mol. The van der Waals surface area contributed by atoms with E-state index in [2.05, 4.69) is 15.9 Å². The molecule has 2 rings (SSSR count). The molecule has 0 heterocycles. The molecular formula is C20H21BrO3. The molecule has 0 aliphatic rings. The van der Waals surface area contributed by atoms with Gasteiger partial charge in [-0.15, -0.1) is 0 Å². The number of hydrogen-bond donors (Lipinski definition) is 1. The Kier molecular flexibility index (Phi) is 7.07. The monoisotopic (exact) mass is 388 g/mol. The summed E-state index contributed by atoms with van der Waals surface area (Å²) in [6.45, 7) is 0. The zero-order valence-corrected chi connectivity index (χ0v) is 15.3. The van der Waals surface area contributed by atoms with Gasteiger partial charge in [0.15, 0.2) is 17.3 Å². The van der Waals surface area contributed by atoms with E-state index in [1.54, 1.807) is 12.1 Å². The van der Waals surface area contributed by atoms with Crippen LogP contribution < -0.4 is 4.74 Å². The number of unbranched alkanes of at least 4 members (excludes halogenated alkanes) is 1. The summed E-state index contributed by atoms with van der Waals surface area (Å²) < 4.78 is 6.10. The molecule has 24 heavy (non-hydrogen) atoms. The fraction of sp³-hybridized carbons (Fsp3) is 0.250. The SMILES string of the molecule is COc1cc(CCCCC(=O)/C=C/c2cccc(Br)c2)ccc1O. The Bertz CT molecular complexity index is 723. The molecule has 0 aliphatic carbocycles. The molecule has 0 aliphatic heterocycles. The van der Waals surface area contributed by atoms with Gasteiger partial charge in [-0.05, 0) is 60.7 Å². The predicted octanol–water partition coefficient (Wildman–Crippen LogP) is 5.16. The number of methoxy groups -OCH3 is 1. The van der Waals surface area contributed by atoms with Crippen LogP contribution in [-0.4, -0.2) is 18.0 Å². The Labute approximate surface area is 151 Å². The second-order valence-electron chi connectivity index (χ2n) is 5.57. The van der Waals surface area contributed by atoms with E-state index in [0.717, 1.165) is 34.9 Å². The van der Waals surface area contributed by atoms with Crippen molar-refractivity contribution in [2.24, 2.45) is 0 Å². The second kappa shape index (κ2) is 9.28. The van der Waals surface area contributed by atoms with Gasteiger partial charge in [0.05, 0.1) is 7.11 Å². The van der Waals surface area contributed by atoms with Crippen molar-refractivity contribution in [2.75, 3.05) is 7.11 Å². The molecule has 4 heteroatoms. The number of benzene rings is 2. The third-order valence-electron chi connectivity index (χ3n) is 3.69. The van der Waals surface area contributed by atoms with E-state index in [4.69, 9.17) is 4.74 Å². The van der Waals surface area contributed by atoms with Crippen LogP contribution in [0.15, 0.2) is 53.0 Å². The maximum absolute atomic E-state index is 11.9. The number of halogens is 1. The van der Waals surface area contributed by atoms with Crippen molar-refractivity contribution in [1.29, 1.82) is 0 Å². The highest BCUT2D eigenvalue weighted by atomic mass is 79.9. The topological polar surface area (TPSA) is 46.5 Å². The number of aryl methyl sites for hydroxylation is 1.